The highest BCUT2D eigenvalue weighted by molar-refractivity contribution is 7.80. The van der Waals surface area contributed by atoms with Gasteiger partial charge in [0.2, 0.25) is 0 Å². The molecule has 0 amide bonds. The predicted octanol–water partition coefficient (Wildman–Crippen LogP) is 3.51. The second-order valence-electron chi connectivity index (χ2n) is 3.97. The maximum atomic E-state index is 13.7. The van der Waals surface area contributed by atoms with E-state index < -0.39 is 0 Å². The van der Waals surface area contributed by atoms with Gasteiger partial charge in [-0.3, -0.25) is 0 Å². The van der Waals surface area contributed by atoms with Crippen LogP contribution in [0.5, 0.6) is 0 Å². The maximum absolute atomic E-state index is 13.7. The van der Waals surface area contributed by atoms with Gasteiger partial charge in [-0.15, -0.1) is 0 Å². The van der Waals surface area contributed by atoms with E-state index >= 15 is 0 Å². The van der Waals surface area contributed by atoms with Gasteiger partial charge in [0.1, 0.15) is 10.8 Å². The van der Waals surface area contributed by atoms with E-state index in [1.54, 1.807) is 12.1 Å². The fourth-order valence-electron chi connectivity index (χ4n) is 1.73. The van der Waals surface area contributed by atoms with E-state index in [1.165, 1.54) is 6.07 Å². The van der Waals surface area contributed by atoms with Gasteiger partial charge in [-0.05, 0) is 30.7 Å². The summed E-state index contributed by atoms with van der Waals surface area (Å²) in [6.07, 6.45) is 0. The second-order valence-corrected chi connectivity index (χ2v) is 4.41. The highest BCUT2D eigenvalue weighted by Gasteiger charge is 2.09. The van der Waals surface area contributed by atoms with E-state index in [0.717, 1.165) is 5.56 Å². The van der Waals surface area contributed by atoms with Crippen LogP contribution in [-0.2, 0) is 0 Å². The van der Waals surface area contributed by atoms with Crippen molar-refractivity contribution in [1.82, 2.24) is 0 Å². The van der Waals surface area contributed by atoms with E-state index in [9.17, 15) is 4.39 Å². The third-order valence-corrected chi connectivity index (χ3v) is 2.89. The molecule has 2 nitrogen and oxygen atoms in total. The van der Waals surface area contributed by atoms with E-state index in [4.69, 9.17) is 18.0 Å². The van der Waals surface area contributed by atoms with Gasteiger partial charge < -0.3 is 11.1 Å². The molecule has 0 saturated carbocycles. The number of nitrogens with one attached hydrogen (secondary N) is 1. The Morgan fingerprint density at radius 1 is 1.17 bits per heavy atom. The predicted molar refractivity (Wildman–Crippen MR) is 76.7 cm³/mol. The van der Waals surface area contributed by atoms with Gasteiger partial charge in [0.25, 0.3) is 0 Å². The minimum Gasteiger partial charge on any atom is -0.389 e. The molecular formula is C14H13FN2S. The fraction of sp³-hybridized carbons (Fsp3) is 0.0714. The minimum atomic E-state index is -0.298. The van der Waals surface area contributed by atoms with Crippen molar-refractivity contribution < 1.29 is 4.39 Å². The Balaban J connectivity index is 2.43. The minimum absolute atomic E-state index is 0.284. The molecule has 92 valence electrons. The lowest BCUT2D eigenvalue weighted by molar-refractivity contribution is 0.631. The van der Waals surface area contributed by atoms with E-state index in [-0.39, 0.29) is 10.8 Å². The molecule has 2 aromatic rings. The number of halogens is 1. The van der Waals surface area contributed by atoms with Crippen LogP contribution in [0.4, 0.5) is 15.8 Å². The lowest BCUT2D eigenvalue weighted by atomic mass is 10.1. The third-order valence-electron chi connectivity index (χ3n) is 2.67. The Morgan fingerprint density at radius 3 is 2.56 bits per heavy atom. The highest BCUT2D eigenvalue weighted by atomic mass is 32.1. The number of hydrogen-bond donors (Lipinski definition) is 2. The van der Waals surface area contributed by atoms with Gasteiger partial charge >= 0.3 is 0 Å². The van der Waals surface area contributed by atoms with E-state index in [2.05, 4.69) is 5.32 Å². The van der Waals surface area contributed by atoms with Gasteiger partial charge in [-0.25, -0.2) is 4.39 Å². The normalized spacial score (nSPS) is 10.1. The summed E-state index contributed by atoms with van der Waals surface area (Å²) in [5, 5.41) is 3.05. The molecule has 0 bridgehead atoms. The van der Waals surface area contributed by atoms with E-state index in [1.807, 2.05) is 31.2 Å². The molecule has 0 aliphatic carbocycles. The first-order valence-electron chi connectivity index (χ1n) is 5.50. The average Bonchev–Trinajstić information content (AvgIpc) is 2.34. The zero-order valence-corrected chi connectivity index (χ0v) is 10.7. The monoisotopic (exact) mass is 260 g/mol. The van der Waals surface area contributed by atoms with Crippen molar-refractivity contribution in [3.63, 3.8) is 0 Å². The first kappa shape index (κ1) is 12.5. The van der Waals surface area contributed by atoms with Crippen molar-refractivity contribution in [3.05, 3.63) is 59.4 Å². The maximum Gasteiger partial charge on any atom is 0.146 e. The Morgan fingerprint density at radius 2 is 1.89 bits per heavy atom. The Bertz CT molecular complexity index is 576. The van der Waals surface area contributed by atoms with Crippen LogP contribution >= 0.6 is 12.2 Å². The second kappa shape index (κ2) is 5.14. The molecule has 3 N–H and O–H groups in total. The summed E-state index contributed by atoms with van der Waals surface area (Å²) in [4.78, 5) is 0.284. The Labute approximate surface area is 111 Å². The SMILES string of the molecule is Cc1cccc(F)c1Nc1ccccc1C(N)=S. The number of nitrogens with two attached hydrogens (primary N) is 1. The number of para-hydroxylation sites is 2. The van der Waals surface area contributed by atoms with Crippen molar-refractivity contribution in [3.8, 4) is 0 Å². The van der Waals surface area contributed by atoms with Crippen LogP contribution in [0, 0.1) is 12.7 Å². The molecular weight excluding hydrogens is 247 g/mol. The molecule has 0 aromatic heterocycles. The first-order valence-corrected chi connectivity index (χ1v) is 5.91. The summed E-state index contributed by atoms with van der Waals surface area (Å²) in [7, 11) is 0. The molecule has 4 heteroatoms. The van der Waals surface area contributed by atoms with Crippen LogP contribution in [0.1, 0.15) is 11.1 Å². The molecule has 18 heavy (non-hydrogen) atoms. The summed E-state index contributed by atoms with van der Waals surface area (Å²) >= 11 is 4.98. The van der Waals surface area contributed by atoms with Crippen molar-refractivity contribution in [2.24, 2.45) is 5.73 Å². The molecule has 0 heterocycles. The summed E-state index contributed by atoms with van der Waals surface area (Å²) in [5.41, 5.74) is 8.32. The lowest BCUT2D eigenvalue weighted by Gasteiger charge is -2.13. The molecule has 0 atom stereocenters. The molecule has 0 saturated heterocycles. The van der Waals surface area contributed by atoms with Crippen LogP contribution in [0.2, 0.25) is 0 Å². The van der Waals surface area contributed by atoms with Crippen LogP contribution in [0.15, 0.2) is 42.5 Å². The van der Waals surface area contributed by atoms with Gasteiger partial charge in [0, 0.05) is 11.3 Å². The van der Waals surface area contributed by atoms with Crippen molar-refractivity contribution in [1.29, 1.82) is 0 Å². The van der Waals surface area contributed by atoms with Crippen LogP contribution in [0.3, 0.4) is 0 Å². The molecule has 0 unspecified atom stereocenters. The number of rotatable bonds is 3. The average molecular weight is 260 g/mol. The standard InChI is InChI=1S/C14H13FN2S/c1-9-5-4-7-11(15)13(9)17-12-8-3-2-6-10(12)14(16)18/h2-8,17H,1H3,(H2,16,18). The van der Waals surface area contributed by atoms with Gasteiger partial charge in [0.05, 0.1) is 5.69 Å². The zero-order chi connectivity index (χ0) is 13.1. The molecule has 0 aliphatic rings. The summed E-state index contributed by atoms with van der Waals surface area (Å²) < 4.78 is 13.7. The summed E-state index contributed by atoms with van der Waals surface area (Å²) in [6.45, 7) is 1.84. The Kier molecular flexibility index (Phi) is 3.58. The van der Waals surface area contributed by atoms with Crippen LogP contribution in [0.25, 0.3) is 0 Å². The van der Waals surface area contributed by atoms with Crippen LogP contribution < -0.4 is 11.1 Å². The third kappa shape index (κ3) is 2.49. The van der Waals surface area contributed by atoms with Gasteiger partial charge in [-0.2, -0.15) is 0 Å². The van der Waals surface area contributed by atoms with E-state index in [0.29, 0.717) is 16.9 Å². The molecule has 2 aromatic carbocycles. The van der Waals surface area contributed by atoms with Crippen molar-refractivity contribution in [2.75, 3.05) is 5.32 Å². The van der Waals surface area contributed by atoms with Crippen molar-refractivity contribution >= 4 is 28.6 Å². The summed E-state index contributed by atoms with van der Waals surface area (Å²) in [6, 6.07) is 12.2. The highest BCUT2D eigenvalue weighted by Crippen LogP contribution is 2.25. The number of aryl methyl sites for hydroxylation is 1. The quantitative estimate of drug-likeness (QED) is 0.829. The summed E-state index contributed by atoms with van der Waals surface area (Å²) in [5.74, 6) is -0.298. The van der Waals surface area contributed by atoms with Crippen molar-refractivity contribution in [2.45, 2.75) is 6.92 Å². The molecule has 2 rings (SSSR count). The smallest absolute Gasteiger partial charge is 0.146 e. The molecule has 0 aliphatic heterocycles. The largest absolute Gasteiger partial charge is 0.389 e. The topological polar surface area (TPSA) is 38.0 Å². The molecule has 0 fully saturated rings. The first-order chi connectivity index (χ1) is 8.59. The number of hydrogen-bond acceptors (Lipinski definition) is 2. The zero-order valence-electron chi connectivity index (χ0n) is 9.91. The number of benzene rings is 2. The van der Waals surface area contributed by atoms with Crippen LogP contribution in [-0.4, -0.2) is 4.99 Å². The number of thiocarbonyl (C=S) groups is 1. The number of anilines is 2. The molecule has 0 spiro atoms. The molecule has 0 radical (unpaired) electrons. The lowest BCUT2D eigenvalue weighted by Crippen LogP contribution is -2.12. The fourth-order valence-corrected chi connectivity index (χ4v) is 1.91. The van der Waals surface area contributed by atoms with Gasteiger partial charge in [-0.1, -0.05) is 36.5 Å². The van der Waals surface area contributed by atoms with Gasteiger partial charge in [0.15, 0.2) is 0 Å². The Hall–Kier alpha value is -1.94.